The van der Waals surface area contributed by atoms with Crippen molar-refractivity contribution in [2.75, 3.05) is 33.4 Å². The van der Waals surface area contributed by atoms with Crippen LogP contribution in [0.4, 0.5) is 0 Å². The van der Waals surface area contributed by atoms with Crippen molar-refractivity contribution in [1.29, 1.82) is 0 Å². The standard InChI is InChI=1S/C26H29N3O4/c1-18-3-7-20(8-4-18)24-27-28-25(33-24)22-16-29(17-26(22)11-13-32-14-12-26)23(30)15-19-5-9-21(31-2)10-6-19/h3-10,22H,11-17H2,1-2H3. The van der Waals surface area contributed by atoms with Crippen molar-refractivity contribution in [3.63, 3.8) is 0 Å². The van der Waals surface area contributed by atoms with Gasteiger partial charge in [0.2, 0.25) is 17.7 Å². The number of carbonyl (C=O) groups is 1. The summed E-state index contributed by atoms with van der Waals surface area (Å²) >= 11 is 0. The van der Waals surface area contributed by atoms with Gasteiger partial charge in [-0.2, -0.15) is 0 Å². The minimum Gasteiger partial charge on any atom is -0.497 e. The van der Waals surface area contributed by atoms with Crippen LogP contribution in [0.3, 0.4) is 0 Å². The normalized spacial score (nSPS) is 19.7. The Labute approximate surface area is 193 Å². The Morgan fingerprint density at radius 1 is 1.09 bits per heavy atom. The maximum atomic E-state index is 13.2. The molecular weight excluding hydrogens is 418 g/mol. The van der Waals surface area contributed by atoms with Crippen LogP contribution in [0.5, 0.6) is 5.75 Å². The van der Waals surface area contributed by atoms with Crippen LogP contribution in [-0.2, 0) is 16.0 Å². The molecule has 1 amide bonds. The summed E-state index contributed by atoms with van der Waals surface area (Å²) < 4.78 is 17.1. The molecule has 1 unspecified atom stereocenters. The average Bonchev–Trinajstić information content (AvgIpc) is 3.46. The van der Waals surface area contributed by atoms with Crippen molar-refractivity contribution in [3.8, 4) is 17.2 Å². The Morgan fingerprint density at radius 3 is 2.52 bits per heavy atom. The molecule has 33 heavy (non-hydrogen) atoms. The molecule has 5 rings (SSSR count). The molecule has 3 aromatic rings. The molecule has 3 heterocycles. The van der Waals surface area contributed by atoms with Crippen molar-refractivity contribution in [2.24, 2.45) is 5.41 Å². The molecule has 2 aliphatic heterocycles. The first-order chi connectivity index (χ1) is 16.1. The number of rotatable bonds is 5. The highest BCUT2D eigenvalue weighted by atomic mass is 16.5. The van der Waals surface area contributed by atoms with Gasteiger partial charge in [-0.3, -0.25) is 4.79 Å². The van der Waals surface area contributed by atoms with Crippen molar-refractivity contribution in [2.45, 2.75) is 32.1 Å². The number of ether oxygens (including phenoxy) is 2. The molecule has 0 N–H and O–H groups in total. The molecular formula is C26H29N3O4. The second-order valence-corrected chi connectivity index (χ2v) is 9.14. The van der Waals surface area contributed by atoms with Gasteiger partial charge in [0.1, 0.15) is 5.75 Å². The first kappa shape index (κ1) is 21.6. The van der Waals surface area contributed by atoms with Crippen LogP contribution >= 0.6 is 0 Å². The van der Waals surface area contributed by atoms with Crippen LogP contribution in [0.15, 0.2) is 52.9 Å². The predicted octanol–water partition coefficient (Wildman–Crippen LogP) is 4.02. The molecule has 0 aliphatic carbocycles. The van der Waals surface area contributed by atoms with Crippen LogP contribution in [-0.4, -0.2) is 54.4 Å². The van der Waals surface area contributed by atoms with E-state index in [9.17, 15) is 4.79 Å². The summed E-state index contributed by atoms with van der Waals surface area (Å²) in [6.07, 6.45) is 2.13. The van der Waals surface area contributed by atoms with Crippen LogP contribution in [0, 0.1) is 12.3 Å². The summed E-state index contributed by atoms with van der Waals surface area (Å²) in [5.74, 6) is 2.05. The van der Waals surface area contributed by atoms with E-state index in [1.807, 2.05) is 60.4 Å². The Kier molecular flexibility index (Phi) is 5.89. The quantitative estimate of drug-likeness (QED) is 0.588. The minimum absolute atomic E-state index is 0.00733. The molecule has 1 spiro atoms. The summed E-state index contributed by atoms with van der Waals surface area (Å²) in [6.45, 7) is 4.71. The zero-order chi connectivity index (χ0) is 22.8. The molecule has 2 fully saturated rings. The van der Waals surface area contributed by atoms with Gasteiger partial charge in [0.05, 0.1) is 19.4 Å². The fourth-order valence-electron chi connectivity index (χ4n) is 5.00. The lowest BCUT2D eigenvalue weighted by molar-refractivity contribution is -0.130. The SMILES string of the molecule is COc1ccc(CC(=O)N2CC(c3nnc(-c4ccc(C)cc4)o3)C3(CCOCC3)C2)cc1. The molecule has 0 saturated carbocycles. The number of nitrogens with zero attached hydrogens (tertiary/aromatic N) is 3. The van der Waals surface area contributed by atoms with Gasteiger partial charge in [0.15, 0.2) is 0 Å². The number of hydrogen-bond donors (Lipinski definition) is 0. The maximum Gasteiger partial charge on any atom is 0.247 e. The Morgan fingerprint density at radius 2 is 1.82 bits per heavy atom. The third-order valence-corrected chi connectivity index (χ3v) is 7.04. The lowest BCUT2D eigenvalue weighted by atomic mass is 9.72. The minimum atomic E-state index is -0.0924. The van der Waals surface area contributed by atoms with E-state index < -0.39 is 0 Å². The lowest BCUT2D eigenvalue weighted by Gasteiger charge is -2.36. The Hall–Kier alpha value is -3.19. The Bertz CT molecular complexity index is 1100. The molecule has 172 valence electrons. The third kappa shape index (κ3) is 4.37. The number of carbonyl (C=O) groups excluding carboxylic acids is 1. The summed E-state index contributed by atoms with van der Waals surface area (Å²) in [5, 5.41) is 8.76. The summed E-state index contributed by atoms with van der Waals surface area (Å²) in [6, 6.07) is 15.7. The van der Waals surface area contributed by atoms with E-state index in [1.165, 1.54) is 5.56 Å². The van der Waals surface area contributed by atoms with E-state index in [0.717, 1.165) is 29.7 Å². The van der Waals surface area contributed by atoms with Crippen LogP contribution in [0.25, 0.3) is 11.5 Å². The average molecular weight is 448 g/mol. The van der Waals surface area contributed by atoms with E-state index >= 15 is 0 Å². The second kappa shape index (κ2) is 8.98. The summed E-state index contributed by atoms with van der Waals surface area (Å²) in [4.78, 5) is 15.2. The summed E-state index contributed by atoms with van der Waals surface area (Å²) in [5.41, 5.74) is 2.97. The van der Waals surface area contributed by atoms with Crippen molar-refractivity contribution in [1.82, 2.24) is 15.1 Å². The van der Waals surface area contributed by atoms with E-state index in [2.05, 4.69) is 10.2 Å². The molecule has 1 atom stereocenters. The van der Waals surface area contributed by atoms with Gasteiger partial charge >= 0.3 is 0 Å². The summed E-state index contributed by atoms with van der Waals surface area (Å²) in [7, 11) is 1.64. The number of likely N-dealkylation sites (tertiary alicyclic amines) is 1. The van der Waals surface area contributed by atoms with Gasteiger partial charge in [-0.05, 0) is 49.6 Å². The van der Waals surface area contributed by atoms with Crippen molar-refractivity contribution >= 4 is 5.91 Å². The highest BCUT2D eigenvalue weighted by Crippen LogP contribution is 2.49. The first-order valence-electron chi connectivity index (χ1n) is 11.5. The van der Waals surface area contributed by atoms with E-state index in [1.54, 1.807) is 7.11 Å². The van der Waals surface area contributed by atoms with Crippen LogP contribution in [0.2, 0.25) is 0 Å². The molecule has 2 aromatic carbocycles. The molecule has 2 aliphatic rings. The number of hydrogen-bond acceptors (Lipinski definition) is 6. The van der Waals surface area contributed by atoms with Crippen LogP contribution < -0.4 is 4.74 Å². The van der Waals surface area contributed by atoms with E-state index in [-0.39, 0.29) is 17.2 Å². The zero-order valence-corrected chi connectivity index (χ0v) is 19.1. The number of aromatic nitrogens is 2. The predicted molar refractivity (Wildman–Crippen MR) is 123 cm³/mol. The highest BCUT2D eigenvalue weighted by Gasteiger charge is 2.51. The topological polar surface area (TPSA) is 77.7 Å². The molecule has 7 heteroatoms. The molecule has 1 aromatic heterocycles. The van der Waals surface area contributed by atoms with Gasteiger partial charge < -0.3 is 18.8 Å². The van der Waals surface area contributed by atoms with Crippen molar-refractivity contribution < 1.29 is 18.7 Å². The third-order valence-electron chi connectivity index (χ3n) is 7.04. The number of amides is 1. The maximum absolute atomic E-state index is 13.2. The Balaban J connectivity index is 1.37. The zero-order valence-electron chi connectivity index (χ0n) is 19.1. The van der Waals surface area contributed by atoms with Gasteiger partial charge in [0, 0.05) is 37.3 Å². The number of benzene rings is 2. The fourth-order valence-corrected chi connectivity index (χ4v) is 5.00. The van der Waals surface area contributed by atoms with Crippen molar-refractivity contribution in [3.05, 3.63) is 65.5 Å². The molecule has 0 bridgehead atoms. The van der Waals surface area contributed by atoms with Gasteiger partial charge in [-0.15, -0.1) is 10.2 Å². The monoisotopic (exact) mass is 447 g/mol. The first-order valence-corrected chi connectivity index (χ1v) is 11.5. The van der Waals surface area contributed by atoms with Gasteiger partial charge in [0.25, 0.3) is 0 Å². The number of methoxy groups -OCH3 is 1. The molecule has 2 saturated heterocycles. The van der Waals surface area contributed by atoms with Gasteiger partial charge in [-0.25, -0.2) is 0 Å². The molecule has 0 radical (unpaired) electrons. The highest BCUT2D eigenvalue weighted by molar-refractivity contribution is 5.79. The number of aryl methyl sites for hydroxylation is 1. The largest absolute Gasteiger partial charge is 0.497 e. The van der Waals surface area contributed by atoms with E-state index in [4.69, 9.17) is 13.9 Å². The van der Waals surface area contributed by atoms with Gasteiger partial charge in [-0.1, -0.05) is 29.8 Å². The smallest absolute Gasteiger partial charge is 0.247 e. The fraction of sp³-hybridized carbons (Fsp3) is 0.423. The van der Waals surface area contributed by atoms with Crippen LogP contribution in [0.1, 0.15) is 35.8 Å². The second-order valence-electron chi connectivity index (χ2n) is 9.14. The molecule has 7 nitrogen and oxygen atoms in total. The van der Waals surface area contributed by atoms with E-state index in [0.29, 0.717) is 44.5 Å². The lowest BCUT2D eigenvalue weighted by Crippen LogP contribution is -2.37.